The Bertz CT molecular complexity index is 423. The smallest absolute Gasteiger partial charge is 0.304 e. The molecular weight excluding hydrogens is 236 g/mol. The summed E-state index contributed by atoms with van der Waals surface area (Å²) in [6.07, 6.45) is -0.207. The molecule has 0 spiro atoms. The third-order valence-electron chi connectivity index (χ3n) is 2.67. The predicted molar refractivity (Wildman–Crippen MR) is 66.7 cm³/mol. The van der Waals surface area contributed by atoms with Crippen molar-refractivity contribution >= 4 is 5.97 Å². The predicted octanol–water partition coefficient (Wildman–Crippen LogP) is 0.506. The number of rotatable bonds is 6. The Balaban J connectivity index is 3.01. The van der Waals surface area contributed by atoms with Crippen LogP contribution in [-0.2, 0) is 4.79 Å². The van der Waals surface area contributed by atoms with E-state index >= 15 is 0 Å². The van der Waals surface area contributed by atoms with Gasteiger partial charge in [0.15, 0.2) is 0 Å². The van der Waals surface area contributed by atoms with Crippen molar-refractivity contribution in [2.45, 2.75) is 18.5 Å². The van der Waals surface area contributed by atoms with E-state index < -0.39 is 18.1 Å². The molecule has 1 aromatic rings. The van der Waals surface area contributed by atoms with Gasteiger partial charge in [0.25, 0.3) is 0 Å². The minimum absolute atomic E-state index is 0.207. The van der Waals surface area contributed by atoms with E-state index in [0.717, 1.165) is 0 Å². The maximum atomic E-state index is 10.6. The van der Waals surface area contributed by atoms with E-state index in [9.17, 15) is 4.79 Å². The van der Waals surface area contributed by atoms with Gasteiger partial charge in [-0.2, -0.15) is 0 Å². The van der Waals surface area contributed by atoms with Gasteiger partial charge in [0, 0.05) is 17.6 Å². The minimum atomic E-state index is -0.986. The second-order valence-electron chi connectivity index (χ2n) is 3.90. The molecule has 0 saturated carbocycles. The van der Waals surface area contributed by atoms with Crippen LogP contribution in [0.25, 0.3) is 0 Å². The molecule has 0 bridgehead atoms. The van der Waals surface area contributed by atoms with E-state index in [1.807, 2.05) is 0 Å². The zero-order chi connectivity index (χ0) is 13.7. The van der Waals surface area contributed by atoms with Crippen molar-refractivity contribution in [1.29, 1.82) is 0 Å². The van der Waals surface area contributed by atoms with Crippen LogP contribution in [0.2, 0.25) is 0 Å². The molecule has 6 nitrogen and oxygen atoms in total. The molecule has 0 saturated heterocycles. The fourth-order valence-electron chi connectivity index (χ4n) is 1.66. The van der Waals surface area contributed by atoms with Gasteiger partial charge >= 0.3 is 5.97 Å². The van der Waals surface area contributed by atoms with Gasteiger partial charge in [0.05, 0.1) is 20.6 Å². The average molecular weight is 254 g/mol. The molecule has 0 fully saturated rings. The van der Waals surface area contributed by atoms with Crippen molar-refractivity contribution in [2.75, 3.05) is 14.2 Å². The van der Waals surface area contributed by atoms with Gasteiger partial charge in [0.2, 0.25) is 0 Å². The molecule has 2 atom stereocenters. The van der Waals surface area contributed by atoms with E-state index in [2.05, 4.69) is 0 Å². The highest BCUT2D eigenvalue weighted by Crippen LogP contribution is 2.29. The van der Waals surface area contributed by atoms with Gasteiger partial charge in [0.1, 0.15) is 11.5 Å². The van der Waals surface area contributed by atoms with Gasteiger partial charge in [-0.05, 0) is 18.2 Å². The van der Waals surface area contributed by atoms with Crippen molar-refractivity contribution in [3.63, 3.8) is 0 Å². The van der Waals surface area contributed by atoms with Crippen molar-refractivity contribution < 1.29 is 19.4 Å². The van der Waals surface area contributed by atoms with Crippen LogP contribution in [0.5, 0.6) is 11.5 Å². The maximum Gasteiger partial charge on any atom is 0.304 e. The fraction of sp³-hybridized carbons (Fsp3) is 0.417. The monoisotopic (exact) mass is 254 g/mol. The number of carboxylic acids is 1. The Morgan fingerprint density at radius 2 is 2.00 bits per heavy atom. The summed E-state index contributed by atoms with van der Waals surface area (Å²) in [5.41, 5.74) is 12.4. The summed E-state index contributed by atoms with van der Waals surface area (Å²) in [5.74, 6) is 0.188. The van der Waals surface area contributed by atoms with E-state index in [0.29, 0.717) is 17.1 Å². The number of hydrogen-bond acceptors (Lipinski definition) is 5. The molecular formula is C12H18N2O4. The molecule has 0 radical (unpaired) electrons. The van der Waals surface area contributed by atoms with Crippen molar-refractivity contribution in [3.05, 3.63) is 23.8 Å². The molecule has 0 aliphatic heterocycles. The van der Waals surface area contributed by atoms with Crippen molar-refractivity contribution in [1.82, 2.24) is 0 Å². The Labute approximate surface area is 105 Å². The van der Waals surface area contributed by atoms with Crippen LogP contribution in [0.15, 0.2) is 18.2 Å². The number of methoxy groups -OCH3 is 2. The summed E-state index contributed by atoms with van der Waals surface area (Å²) in [4.78, 5) is 10.6. The lowest BCUT2D eigenvalue weighted by Crippen LogP contribution is -2.36. The SMILES string of the molecule is COc1ccc(OC)c(C(N)C(N)CC(=O)O)c1. The number of carbonyl (C=O) groups is 1. The first-order valence-corrected chi connectivity index (χ1v) is 5.44. The Hall–Kier alpha value is -1.79. The molecule has 0 amide bonds. The standard InChI is InChI=1S/C12H18N2O4/c1-17-7-3-4-10(18-2)8(5-7)12(14)9(13)6-11(15)16/h3-5,9,12H,6,13-14H2,1-2H3,(H,15,16). The van der Waals surface area contributed by atoms with Crippen LogP contribution in [0, 0.1) is 0 Å². The largest absolute Gasteiger partial charge is 0.497 e. The Morgan fingerprint density at radius 1 is 1.33 bits per heavy atom. The highest BCUT2D eigenvalue weighted by Gasteiger charge is 2.22. The van der Waals surface area contributed by atoms with Crippen LogP contribution in [-0.4, -0.2) is 31.3 Å². The fourth-order valence-corrected chi connectivity index (χ4v) is 1.66. The average Bonchev–Trinajstić information content (AvgIpc) is 2.36. The molecule has 0 heterocycles. The van der Waals surface area contributed by atoms with Gasteiger partial charge in [-0.1, -0.05) is 0 Å². The molecule has 18 heavy (non-hydrogen) atoms. The summed E-state index contributed by atoms with van der Waals surface area (Å²) < 4.78 is 10.3. The number of benzene rings is 1. The van der Waals surface area contributed by atoms with Crippen LogP contribution >= 0.6 is 0 Å². The number of hydrogen-bond donors (Lipinski definition) is 3. The number of nitrogens with two attached hydrogens (primary N) is 2. The lowest BCUT2D eigenvalue weighted by molar-refractivity contribution is -0.137. The van der Waals surface area contributed by atoms with E-state index in [1.165, 1.54) is 14.2 Å². The van der Waals surface area contributed by atoms with Crippen LogP contribution in [0.1, 0.15) is 18.0 Å². The highest BCUT2D eigenvalue weighted by atomic mass is 16.5. The molecule has 100 valence electrons. The van der Waals surface area contributed by atoms with E-state index in [4.69, 9.17) is 26.0 Å². The van der Waals surface area contributed by atoms with Gasteiger partial charge in [-0.25, -0.2) is 0 Å². The highest BCUT2D eigenvalue weighted by molar-refractivity contribution is 5.67. The quantitative estimate of drug-likeness (QED) is 0.682. The summed E-state index contributed by atoms with van der Waals surface area (Å²) in [6.45, 7) is 0. The number of ether oxygens (including phenoxy) is 2. The second kappa shape index (κ2) is 6.23. The molecule has 1 rings (SSSR count). The third-order valence-corrected chi connectivity index (χ3v) is 2.67. The van der Waals surface area contributed by atoms with E-state index in [1.54, 1.807) is 18.2 Å². The molecule has 0 aromatic heterocycles. The maximum absolute atomic E-state index is 10.6. The van der Waals surface area contributed by atoms with E-state index in [-0.39, 0.29) is 6.42 Å². The molecule has 2 unspecified atom stereocenters. The number of carboxylic acid groups (broad SMARTS) is 1. The Morgan fingerprint density at radius 3 is 2.50 bits per heavy atom. The first-order chi connectivity index (χ1) is 8.49. The topological polar surface area (TPSA) is 108 Å². The first kappa shape index (κ1) is 14.3. The zero-order valence-electron chi connectivity index (χ0n) is 10.4. The third kappa shape index (κ3) is 3.35. The van der Waals surface area contributed by atoms with Gasteiger partial charge in [-0.3, -0.25) is 4.79 Å². The molecule has 6 heteroatoms. The molecule has 5 N–H and O–H groups in total. The van der Waals surface area contributed by atoms with Gasteiger partial charge < -0.3 is 26.0 Å². The minimum Gasteiger partial charge on any atom is -0.497 e. The summed E-state index contributed by atoms with van der Waals surface area (Å²) in [7, 11) is 3.05. The Kier molecular flexibility index (Phi) is 4.94. The zero-order valence-corrected chi connectivity index (χ0v) is 10.4. The summed E-state index contributed by atoms with van der Waals surface area (Å²) >= 11 is 0. The molecule has 0 aliphatic rings. The molecule has 0 aliphatic carbocycles. The summed E-state index contributed by atoms with van der Waals surface area (Å²) in [5, 5.41) is 8.72. The number of aliphatic carboxylic acids is 1. The van der Waals surface area contributed by atoms with Crippen molar-refractivity contribution in [2.24, 2.45) is 11.5 Å². The summed E-state index contributed by atoms with van der Waals surface area (Å²) in [6, 6.07) is 3.82. The van der Waals surface area contributed by atoms with Crippen LogP contribution < -0.4 is 20.9 Å². The van der Waals surface area contributed by atoms with Gasteiger partial charge in [-0.15, -0.1) is 0 Å². The molecule has 1 aromatic carbocycles. The second-order valence-corrected chi connectivity index (χ2v) is 3.90. The van der Waals surface area contributed by atoms with Crippen LogP contribution in [0.4, 0.5) is 0 Å². The van der Waals surface area contributed by atoms with Crippen molar-refractivity contribution in [3.8, 4) is 11.5 Å². The lowest BCUT2D eigenvalue weighted by Gasteiger charge is -2.21. The first-order valence-electron chi connectivity index (χ1n) is 5.44. The normalized spacial score (nSPS) is 13.8. The van der Waals surface area contributed by atoms with Crippen LogP contribution in [0.3, 0.4) is 0 Å². The lowest BCUT2D eigenvalue weighted by atomic mass is 9.97.